The van der Waals surface area contributed by atoms with Gasteiger partial charge >= 0.3 is 0 Å². The molecule has 0 saturated heterocycles. The fourth-order valence-electron chi connectivity index (χ4n) is 1.98. The molecule has 0 N–H and O–H groups in total. The van der Waals surface area contributed by atoms with Crippen molar-refractivity contribution in [2.24, 2.45) is 17.8 Å². The van der Waals surface area contributed by atoms with Gasteiger partial charge < -0.3 is 4.79 Å². The van der Waals surface area contributed by atoms with Gasteiger partial charge in [-0.1, -0.05) is 26.0 Å². The van der Waals surface area contributed by atoms with E-state index in [1.165, 1.54) is 12.8 Å². The molecule has 0 radical (unpaired) electrons. The maximum atomic E-state index is 10.2. The highest BCUT2D eigenvalue weighted by atomic mass is 16.1. The Balaban J connectivity index is 2.33. The Bertz CT molecular complexity index is 182. The van der Waals surface area contributed by atoms with Gasteiger partial charge in [-0.05, 0) is 37.0 Å². The largest absolute Gasteiger partial charge is 0.303 e. The molecule has 0 fully saturated rings. The molecule has 0 aromatic heterocycles. The quantitative estimate of drug-likeness (QED) is 0.479. The number of hydrogen-bond donors (Lipinski definition) is 0. The lowest BCUT2D eigenvalue weighted by atomic mass is 9.81. The van der Waals surface area contributed by atoms with Crippen molar-refractivity contribution in [3.8, 4) is 0 Å². The number of hydrogen-bond acceptors (Lipinski definition) is 1. The number of carbonyl (C=O) groups excluding carboxylic acids is 1. The molecule has 0 saturated carbocycles. The van der Waals surface area contributed by atoms with E-state index in [9.17, 15) is 4.79 Å². The van der Waals surface area contributed by atoms with E-state index in [-0.39, 0.29) is 0 Å². The molecule has 0 aromatic carbocycles. The van der Waals surface area contributed by atoms with Crippen molar-refractivity contribution in [2.45, 2.75) is 39.5 Å². The van der Waals surface area contributed by atoms with Gasteiger partial charge in [-0.3, -0.25) is 0 Å². The second-order valence-electron chi connectivity index (χ2n) is 4.37. The van der Waals surface area contributed by atoms with Crippen LogP contribution in [0.1, 0.15) is 39.5 Å². The van der Waals surface area contributed by atoms with Crippen LogP contribution in [-0.4, -0.2) is 6.29 Å². The van der Waals surface area contributed by atoms with Gasteiger partial charge in [-0.25, -0.2) is 0 Å². The molecule has 0 spiro atoms. The normalized spacial score (nSPS) is 27.9. The van der Waals surface area contributed by atoms with E-state index < -0.39 is 0 Å². The fraction of sp³-hybridized carbons (Fsp3) is 0.750. The first-order valence-corrected chi connectivity index (χ1v) is 5.36. The second-order valence-corrected chi connectivity index (χ2v) is 4.37. The molecule has 0 amide bonds. The molecular formula is C12H20O. The van der Waals surface area contributed by atoms with Crippen LogP contribution in [0.3, 0.4) is 0 Å². The molecule has 1 nitrogen and oxygen atoms in total. The summed E-state index contributed by atoms with van der Waals surface area (Å²) in [5, 5.41) is 0. The molecule has 0 bridgehead atoms. The Labute approximate surface area is 81.2 Å². The Morgan fingerprint density at radius 2 is 2.15 bits per heavy atom. The van der Waals surface area contributed by atoms with Crippen LogP contribution in [0.5, 0.6) is 0 Å². The molecule has 0 aromatic rings. The van der Waals surface area contributed by atoms with Crippen molar-refractivity contribution < 1.29 is 4.79 Å². The highest BCUT2D eigenvalue weighted by Crippen LogP contribution is 2.29. The Morgan fingerprint density at radius 1 is 1.38 bits per heavy atom. The van der Waals surface area contributed by atoms with Crippen molar-refractivity contribution >= 4 is 6.29 Å². The van der Waals surface area contributed by atoms with Gasteiger partial charge in [0.15, 0.2) is 0 Å². The molecule has 13 heavy (non-hydrogen) atoms. The molecule has 1 aliphatic rings. The smallest absolute Gasteiger partial charge is 0.120 e. The Kier molecular flexibility index (Phi) is 4.20. The number of rotatable bonds is 4. The van der Waals surface area contributed by atoms with Gasteiger partial charge in [0, 0.05) is 6.42 Å². The topological polar surface area (TPSA) is 17.1 Å². The van der Waals surface area contributed by atoms with Crippen LogP contribution in [0.2, 0.25) is 0 Å². The van der Waals surface area contributed by atoms with Crippen LogP contribution in [0, 0.1) is 17.8 Å². The molecular weight excluding hydrogens is 160 g/mol. The summed E-state index contributed by atoms with van der Waals surface area (Å²) in [6, 6.07) is 0. The third-order valence-electron chi connectivity index (χ3n) is 3.01. The lowest BCUT2D eigenvalue weighted by Gasteiger charge is -2.24. The standard InChI is InChI=1S/C12H20O/c1-10(2)12-7-5-11(6-8-12)4-3-9-13/h5,7,9-12H,3-4,6,8H2,1-2H3. The van der Waals surface area contributed by atoms with E-state index >= 15 is 0 Å². The summed E-state index contributed by atoms with van der Waals surface area (Å²) in [6.45, 7) is 4.56. The van der Waals surface area contributed by atoms with E-state index in [0.29, 0.717) is 5.92 Å². The van der Waals surface area contributed by atoms with Gasteiger partial charge in [0.05, 0.1) is 0 Å². The summed E-state index contributed by atoms with van der Waals surface area (Å²) in [5.41, 5.74) is 0. The average Bonchev–Trinajstić information content (AvgIpc) is 2.15. The number of carbonyl (C=O) groups is 1. The van der Waals surface area contributed by atoms with E-state index in [2.05, 4.69) is 26.0 Å². The van der Waals surface area contributed by atoms with E-state index in [0.717, 1.165) is 31.0 Å². The minimum absolute atomic E-state index is 0.667. The maximum Gasteiger partial charge on any atom is 0.120 e. The zero-order valence-electron chi connectivity index (χ0n) is 8.70. The highest BCUT2D eigenvalue weighted by molar-refractivity contribution is 5.49. The maximum absolute atomic E-state index is 10.2. The van der Waals surface area contributed by atoms with Crippen LogP contribution in [-0.2, 0) is 4.79 Å². The summed E-state index contributed by atoms with van der Waals surface area (Å²) in [5.74, 6) is 2.20. The molecule has 74 valence electrons. The third-order valence-corrected chi connectivity index (χ3v) is 3.01. The van der Waals surface area contributed by atoms with E-state index in [1.54, 1.807) is 0 Å². The Morgan fingerprint density at radius 3 is 2.62 bits per heavy atom. The van der Waals surface area contributed by atoms with Crippen LogP contribution in [0.15, 0.2) is 12.2 Å². The first-order valence-electron chi connectivity index (χ1n) is 5.36. The predicted octanol–water partition coefficient (Wildman–Crippen LogP) is 3.20. The molecule has 1 rings (SSSR count). The predicted molar refractivity (Wildman–Crippen MR) is 55.5 cm³/mol. The van der Waals surface area contributed by atoms with Crippen molar-refractivity contribution in [1.29, 1.82) is 0 Å². The minimum Gasteiger partial charge on any atom is -0.303 e. The molecule has 2 atom stereocenters. The van der Waals surface area contributed by atoms with Crippen molar-refractivity contribution in [1.82, 2.24) is 0 Å². The van der Waals surface area contributed by atoms with E-state index in [4.69, 9.17) is 0 Å². The Hall–Kier alpha value is -0.590. The minimum atomic E-state index is 0.667. The third kappa shape index (κ3) is 3.33. The molecule has 1 aliphatic carbocycles. The van der Waals surface area contributed by atoms with Crippen LogP contribution in [0.4, 0.5) is 0 Å². The van der Waals surface area contributed by atoms with Crippen LogP contribution in [0.25, 0.3) is 0 Å². The fourth-order valence-corrected chi connectivity index (χ4v) is 1.98. The summed E-state index contributed by atoms with van der Waals surface area (Å²) < 4.78 is 0. The highest BCUT2D eigenvalue weighted by Gasteiger charge is 2.17. The number of allylic oxidation sites excluding steroid dienone is 2. The molecule has 0 heterocycles. The molecule has 1 heteroatoms. The van der Waals surface area contributed by atoms with Crippen LogP contribution >= 0.6 is 0 Å². The first-order chi connectivity index (χ1) is 6.24. The lowest BCUT2D eigenvalue weighted by Crippen LogP contribution is -2.13. The van der Waals surface area contributed by atoms with Crippen molar-refractivity contribution in [3.05, 3.63) is 12.2 Å². The second kappa shape index (κ2) is 5.21. The average molecular weight is 180 g/mol. The number of aldehydes is 1. The van der Waals surface area contributed by atoms with Gasteiger partial charge in [0.1, 0.15) is 6.29 Å². The van der Waals surface area contributed by atoms with Gasteiger partial charge in [-0.15, -0.1) is 0 Å². The van der Waals surface area contributed by atoms with Gasteiger partial charge in [0.2, 0.25) is 0 Å². The lowest BCUT2D eigenvalue weighted by molar-refractivity contribution is -0.108. The monoisotopic (exact) mass is 180 g/mol. The summed E-state index contributed by atoms with van der Waals surface area (Å²) in [7, 11) is 0. The van der Waals surface area contributed by atoms with Crippen molar-refractivity contribution in [3.63, 3.8) is 0 Å². The van der Waals surface area contributed by atoms with E-state index in [1.807, 2.05) is 0 Å². The summed E-state index contributed by atoms with van der Waals surface area (Å²) in [6.07, 6.45) is 10.0. The van der Waals surface area contributed by atoms with Gasteiger partial charge in [0.25, 0.3) is 0 Å². The molecule has 2 unspecified atom stereocenters. The van der Waals surface area contributed by atoms with Crippen molar-refractivity contribution in [2.75, 3.05) is 0 Å². The van der Waals surface area contributed by atoms with Crippen LogP contribution < -0.4 is 0 Å². The molecule has 0 aliphatic heterocycles. The zero-order chi connectivity index (χ0) is 9.68. The summed E-state index contributed by atoms with van der Waals surface area (Å²) >= 11 is 0. The zero-order valence-corrected chi connectivity index (χ0v) is 8.70. The van der Waals surface area contributed by atoms with Gasteiger partial charge in [-0.2, -0.15) is 0 Å². The summed E-state index contributed by atoms with van der Waals surface area (Å²) in [4.78, 5) is 10.2. The first kappa shape index (κ1) is 10.5. The SMILES string of the molecule is CC(C)C1C=CC(CCC=O)CC1.